The van der Waals surface area contributed by atoms with E-state index in [9.17, 15) is 4.79 Å². The predicted molar refractivity (Wildman–Crippen MR) is 115 cm³/mol. The molecule has 2 nitrogen and oxygen atoms in total. The Bertz CT molecular complexity index is 938. The largest absolute Gasteiger partial charge is 0.300 e. The number of Topliss-reactive ketones (excluding diaryl/α,β-unsaturated/α-hetero) is 1. The van der Waals surface area contributed by atoms with Gasteiger partial charge in [0.25, 0.3) is 0 Å². The Morgan fingerprint density at radius 3 is 2.37 bits per heavy atom. The number of aryl methyl sites for hydroxylation is 4. The van der Waals surface area contributed by atoms with Gasteiger partial charge in [0.15, 0.2) is 0 Å². The Balaban J connectivity index is 1.75. The smallest absolute Gasteiger partial charge is 0.132 e. The first kappa shape index (κ1) is 19.5. The van der Waals surface area contributed by atoms with Crippen LogP contribution < -0.4 is 0 Å². The molecule has 0 aliphatic carbocycles. The fourth-order valence-electron chi connectivity index (χ4n) is 3.26. The monoisotopic (exact) mass is 377 g/mol. The van der Waals surface area contributed by atoms with Crippen LogP contribution in [0.2, 0.25) is 0 Å². The minimum atomic E-state index is 0.336. The molecule has 0 atom stereocenters. The summed E-state index contributed by atoms with van der Waals surface area (Å²) in [5.41, 5.74) is 8.66. The molecule has 0 unspecified atom stereocenters. The van der Waals surface area contributed by atoms with Crippen LogP contribution in [0.3, 0.4) is 0 Å². The summed E-state index contributed by atoms with van der Waals surface area (Å²) >= 11 is 1.72. The zero-order chi connectivity index (χ0) is 19.4. The van der Waals surface area contributed by atoms with E-state index in [0.717, 1.165) is 23.5 Å². The summed E-state index contributed by atoms with van der Waals surface area (Å²) in [7, 11) is 0. The number of aromatic nitrogens is 1. The lowest BCUT2D eigenvalue weighted by molar-refractivity contribution is -0.118. The van der Waals surface area contributed by atoms with Gasteiger partial charge in [0, 0.05) is 30.2 Å². The lowest BCUT2D eigenvalue weighted by Crippen LogP contribution is -2.01. The molecule has 0 N–H and O–H groups in total. The molecule has 1 heterocycles. The van der Waals surface area contributed by atoms with E-state index in [-0.39, 0.29) is 0 Å². The van der Waals surface area contributed by atoms with E-state index in [0.29, 0.717) is 18.6 Å². The zero-order valence-electron chi connectivity index (χ0n) is 16.6. The molecule has 3 rings (SSSR count). The van der Waals surface area contributed by atoms with Crippen molar-refractivity contribution in [1.82, 2.24) is 4.98 Å². The van der Waals surface area contributed by atoms with Gasteiger partial charge in [-0.15, -0.1) is 11.3 Å². The lowest BCUT2D eigenvalue weighted by atomic mass is 9.95. The van der Waals surface area contributed by atoms with Crippen molar-refractivity contribution < 1.29 is 4.79 Å². The van der Waals surface area contributed by atoms with E-state index in [1.807, 2.05) is 6.92 Å². The number of hydrogen-bond acceptors (Lipinski definition) is 3. The molecule has 2 aromatic carbocycles. The van der Waals surface area contributed by atoms with Crippen LogP contribution in [-0.4, -0.2) is 10.8 Å². The first-order chi connectivity index (χ1) is 13.0. The second-order valence-corrected chi connectivity index (χ2v) is 8.21. The number of nitrogens with zero attached hydrogens (tertiary/aromatic N) is 1. The molecule has 0 aliphatic heterocycles. The van der Waals surface area contributed by atoms with Gasteiger partial charge in [0.05, 0.1) is 10.7 Å². The molecule has 0 bridgehead atoms. The number of hydrogen-bond donors (Lipinski definition) is 0. The minimum Gasteiger partial charge on any atom is -0.300 e. The predicted octanol–water partition coefficient (Wildman–Crippen LogP) is 6.24. The van der Waals surface area contributed by atoms with Crippen LogP contribution in [0.15, 0.2) is 41.8 Å². The van der Waals surface area contributed by atoms with Crippen LogP contribution in [0, 0.1) is 20.8 Å². The van der Waals surface area contributed by atoms with E-state index in [1.54, 1.807) is 11.3 Å². The third-order valence-corrected chi connectivity index (χ3v) is 5.95. The van der Waals surface area contributed by atoms with Gasteiger partial charge in [-0.1, -0.05) is 48.9 Å². The molecule has 3 heteroatoms. The molecule has 0 spiro atoms. The number of thiazole rings is 1. The minimum absolute atomic E-state index is 0.336. The molecule has 0 amide bonds. The Morgan fingerprint density at radius 1 is 1.00 bits per heavy atom. The molecule has 3 aromatic rings. The van der Waals surface area contributed by atoms with Crippen LogP contribution >= 0.6 is 11.3 Å². The van der Waals surface area contributed by atoms with E-state index in [4.69, 9.17) is 4.98 Å². The summed E-state index contributed by atoms with van der Waals surface area (Å²) in [5, 5.41) is 3.29. The second-order valence-electron chi connectivity index (χ2n) is 7.27. The zero-order valence-corrected chi connectivity index (χ0v) is 17.5. The first-order valence-corrected chi connectivity index (χ1v) is 10.5. The average Bonchev–Trinajstić information content (AvgIpc) is 3.12. The lowest BCUT2D eigenvalue weighted by Gasteiger charge is -2.11. The third-order valence-electron chi connectivity index (χ3n) is 5.10. The van der Waals surface area contributed by atoms with E-state index < -0.39 is 0 Å². The SMILES string of the molecule is CCC(=O)CCc1cc(C)c(Cc2nc(-c3ccc(C)cc3)cs2)cc1C. The van der Waals surface area contributed by atoms with Crippen molar-refractivity contribution in [1.29, 1.82) is 0 Å². The van der Waals surface area contributed by atoms with E-state index in [1.165, 1.54) is 33.4 Å². The van der Waals surface area contributed by atoms with Crippen LogP contribution in [0.1, 0.15) is 52.6 Å². The first-order valence-electron chi connectivity index (χ1n) is 9.58. The van der Waals surface area contributed by atoms with Crippen molar-refractivity contribution in [3.8, 4) is 11.3 Å². The average molecular weight is 378 g/mol. The van der Waals surface area contributed by atoms with Crippen molar-refractivity contribution in [2.24, 2.45) is 0 Å². The van der Waals surface area contributed by atoms with Crippen molar-refractivity contribution in [2.75, 3.05) is 0 Å². The normalized spacial score (nSPS) is 11.0. The molecule has 0 radical (unpaired) electrons. The summed E-state index contributed by atoms with van der Waals surface area (Å²) in [5.74, 6) is 0.336. The number of ketones is 1. The second kappa shape index (κ2) is 8.62. The highest BCUT2D eigenvalue weighted by Gasteiger charge is 2.10. The van der Waals surface area contributed by atoms with Crippen molar-refractivity contribution in [3.63, 3.8) is 0 Å². The summed E-state index contributed by atoms with van der Waals surface area (Å²) in [6, 6.07) is 13.1. The molecule has 0 aliphatic rings. The van der Waals surface area contributed by atoms with Crippen molar-refractivity contribution in [2.45, 2.75) is 53.4 Å². The summed E-state index contributed by atoms with van der Waals surface area (Å²) in [6.07, 6.45) is 2.97. The number of rotatable bonds is 7. The Hall–Kier alpha value is -2.26. The quantitative estimate of drug-likeness (QED) is 0.488. The fraction of sp³-hybridized carbons (Fsp3) is 0.333. The third kappa shape index (κ3) is 4.92. The highest BCUT2D eigenvalue weighted by atomic mass is 32.1. The molecular weight excluding hydrogens is 350 g/mol. The molecule has 27 heavy (non-hydrogen) atoms. The molecule has 0 saturated heterocycles. The highest BCUT2D eigenvalue weighted by molar-refractivity contribution is 7.10. The summed E-state index contributed by atoms with van der Waals surface area (Å²) in [4.78, 5) is 16.5. The van der Waals surface area contributed by atoms with Gasteiger partial charge in [-0.05, 0) is 49.4 Å². The van der Waals surface area contributed by atoms with Gasteiger partial charge in [-0.3, -0.25) is 4.79 Å². The number of carbonyl (C=O) groups excluding carboxylic acids is 1. The van der Waals surface area contributed by atoms with Crippen LogP contribution in [0.25, 0.3) is 11.3 Å². The molecule has 1 aromatic heterocycles. The van der Waals surface area contributed by atoms with Gasteiger partial charge in [0.2, 0.25) is 0 Å². The standard InChI is InChI=1S/C24H27NOS/c1-5-22(26)11-10-20-12-18(4)21(13-17(20)3)14-24-25-23(15-27-24)19-8-6-16(2)7-9-19/h6-9,12-13,15H,5,10-11,14H2,1-4H3. The molecule has 0 saturated carbocycles. The van der Waals surface area contributed by atoms with Crippen LogP contribution in [0.5, 0.6) is 0 Å². The summed E-state index contributed by atoms with van der Waals surface area (Å²) in [6.45, 7) is 8.34. The molecule has 140 valence electrons. The number of carbonyl (C=O) groups is 1. The van der Waals surface area contributed by atoms with Crippen molar-refractivity contribution >= 4 is 17.1 Å². The fourth-order valence-corrected chi connectivity index (χ4v) is 4.08. The van der Waals surface area contributed by atoms with E-state index in [2.05, 4.69) is 62.5 Å². The molecule has 0 fully saturated rings. The van der Waals surface area contributed by atoms with Crippen LogP contribution in [0.4, 0.5) is 0 Å². The van der Waals surface area contributed by atoms with Gasteiger partial charge in [0.1, 0.15) is 5.78 Å². The Labute approximate surface area is 166 Å². The van der Waals surface area contributed by atoms with Crippen LogP contribution in [-0.2, 0) is 17.6 Å². The van der Waals surface area contributed by atoms with Gasteiger partial charge in [-0.2, -0.15) is 0 Å². The maximum atomic E-state index is 11.6. The maximum Gasteiger partial charge on any atom is 0.132 e. The summed E-state index contributed by atoms with van der Waals surface area (Å²) < 4.78 is 0. The van der Waals surface area contributed by atoms with E-state index >= 15 is 0 Å². The van der Waals surface area contributed by atoms with Crippen molar-refractivity contribution in [3.05, 3.63) is 74.6 Å². The van der Waals surface area contributed by atoms with Gasteiger partial charge < -0.3 is 0 Å². The number of benzene rings is 2. The van der Waals surface area contributed by atoms with Gasteiger partial charge in [-0.25, -0.2) is 4.98 Å². The topological polar surface area (TPSA) is 30.0 Å². The highest BCUT2D eigenvalue weighted by Crippen LogP contribution is 2.26. The van der Waals surface area contributed by atoms with Gasteiger partial charge >= 0.3 is 0 Å². The Kier molecular flexibility index (Phi) is 6.22. The maximum absolute atomic E-state index is 11.6. The molecular formula is C24H27NOS. The Morgan fingerprint density at radius 2 is 1.67 bits per heavy atom.